The van der Waals surface area contributed by atoms with Crippen molar-refractivity contribution in [2.24, 2.45) is 23.7 Å². The number of rotatable bonds is 5. The van der Waals surface area contributed by atoms with Crippen molar-refractivity contribution >= 4 is 5.78 Å². The van der Waals surface area contributed by atoms with Gasteiger partial charge in [0.25, 0.3) is 0 Å². The van der Waals surface area contributed by atoms with Gasteiger partial charge in [0.2, 0.25) is 0 Å². The van der Waals surface area contributed by atoms with E-state index in [1.165, 1.54) is 32.1 Å². The minimum absolute atomic E-state index is 0.500. The predicted molar refractivity (Wildman–Crippen MR) is 62.6 cm³/mol. The Hall–Kier alpha value is -0.330. The van der Waals surface area contributed by atoms with E-state index < -0.39 is 0 Å². The summed E-state index contributed by atoms with van der Waals surface area (Å²) in [5.74, 6) is 3.46. The Labute approximate surface area is 93.6 Å². The molecule has 0 aromatic rings. The Morgan fingerprint density at radius 3 is 2.33 bits per heavy atom. The van der Waals surface area contributed by atoms with Crippen LogP contribution in [0, 0.1) is 23.7 Å². The highest BCUT2D eigenvalue weighted by Crippen LogP contribution is 2.56. The molecule has 86 valence electrons. The molecule has 2 aliphatic rings. The third kappa shape index (κ3) is 2.62. The highest BCUT2D eigenvalue weighted by atomic mass is 16.1. The van der Waals surface area contributed by atoms with Crippen molar-refractivity contribution in [1.29, 1.82) is 0 Å². The molecule has 2 fully saturated rings. The molecule has 0 amide bonds. The van der Waals surface area contributed by atoms with E-state index in [1.807, 2.05) is 0 Å². The first-order valence-corrected chi connectivity index (χ1v) is 6.73. The fourth-order valence-corrected chi connectivity index (χ4v) is 3.32. The van der Waals surface area contributed by atoms with E-state index in [9.17, 15) is 4.79 Å². The molecule has 0 N–H and O–H groups in total. The maximum atomic E-state index is 12.0. The fraction of sp³-hybridized carbons (Fsp3) is 0.929. The van der Waals surface area contributed by atoms with Crippen LogP contribution in [0.1, 0.15) is 58.8 Å². The minimum Gasteiger partial charge on any atom is -0.299 e. The number of Topliss-reactive ketones (excluding diaryl/α,β-unsaturated/α-hetero) is 1. The summed E-state index contributed by atoms with van der Waals surface area (Å²) in [5, 5.41) is 0. The minimum atomic E-state index is 0.500. The Morgan fingerprint density at radius 2 is 1.80 bits per heavy atom. The Balaban J connectivity index is 1.69. The third-order valence-electron chi connectivity index (χ3n) is 4.23. The topological polar surface area (TPSA) is 17.1 Å². The van der Waals surface area contributed by atoms with Gasteiger partial charge in [-0.2, -0.15) is 0 Å². The maximum Gasteiger partial charge on any atom is 0.136 e. The van der Waals surface area contributed by atoms with Crippen LogP contribution in [-0.2, 0) is 4.79 Å². The molecule has 0 aromatic carbocycles. The summed E-state index contributed by atoms with van der Waals surface area (Å²) in [6, 6.07) is 0. The van der Waals surface area contributed by atoms with E-state index in [1.54, 1.807) is 0 Å². The molecule has 2 atom stereocenters. The molecule has 0 aliphatic heterocycles. The monoisotopic (exact) mass is 208 g/mol. The zero-order valence-corrected chi connectivity index (χ0v) is 10.2. The van der Waals surface area contributed by atoms with Gasteiger partial charge in [0.1, 0.15) is 5.78 Å². The maximum absolute atomic E-state index is 12.0. The summed E-state index contributed by atoms with van der Waals surface area (Å²) >= 11 is 0. The average Bonchev–Trinajstić information content (AvgIpc) is 2.90. The predicted octanol–water partition coefficient (Wildman–Crippen LogP) is 3.82. The van der Waals surface area contributed by atoms with Crippen LogP contribution in [0.25, 0.3) is 0 Å². The van der Waals surface area contributed by atoms with Crippen LogP contribution in [0.5, 0.6) is 0 Å². The third-order valence-corrected chi connectivity index (χ3v) is 4.23. The molecule has 15 heavy (non-hydrogen) atoms. The summed E-state index contributed by atoms with van der Waals surface area (Å²) in [6.45, 7) is 4.47. The van der Waals surface area contributed by atoms with Crippen LogP contribution in [0.15, 0.2) is 0 Å². The van der Waals surface area contributed by atoms with Gasteiger partial charge in [0.05, 0.1) is 0 Å². The summed E-state index contributed by atoms with van der Waals surface area (Å²) in [6.07, 6.45) is 8.61. The van der Waals surface area contributed by atoms with Crippen LogP contribution in [0.4, 0.5) is 0 Å². The van der Waals surface area contributed by atoms with Gasteiger partial charge in [0.15, 0.2) is 0 Å². The van der Waals surface area contributed by atoms with E-state index in [0.717, 1.165) is 30.6 Å². The summed E-state index contributed by atoms with van der Waals surface area (Å²) in [4.78, 5) is 12.0. The number of hydrogen-bond acceptors (Lipinski definition) is 1. The van der Waals surface area contributed by atoms with Crippen LogP contribution >= 0.6 is 0 Å². The molecular formula is C14H24O. The van der Waals surface area contributed by atoms with Crippen LogP contribution < -0.4 is 0 Å². The highest BCUT2D eigenvalue weighted by molar-refractivity contribution is 5.84. The van der Waals surface area contributed by atoms with Gasteiger partial charge in [-0.05, 0) is 37.0 Å². The van der Waals surface area contributed by atoms with Crippen molar-refractivity contribution in [2.75, 3.05) is 0 Å². The van der Waals surface area contributed by atoms with E-state index >= 15 is 0 Å². The van der Waals surface area contributed by atoms with E-state index in [4.69, 9.17) is 0 Å². The average molecular weight is 208 g/mol. The number of carbonyl (C=O) groups excluding carboxylic acids is 1. The number of fused-ring (bicyclic) bond motifs is 1. The lowest BCUT2D eigenvalue weighted by molar-refractivity contribution is -0.120. The Bertz CT molecular complexity index is 219. The second kappa shape index (κ2) is 4.67. The van der Waals surface area contributed by atoms with Gasteiger partial charge in [-0.15, -0.1) is 0 Å². The van der Waals surface area contributed by atoms with Crippen LogP contribution in [-0.4, -0.2) is 5.78 Å². The van der Waals surface area contributed by atoms with E-state index in [-0.39, 0.29) is 0 Å². The molecule has 1 heteroatoms. The number of hydrogen-bond donors (Lipinski definition) is 0. The largest absolute Gasteiger partial charge is 0.299 e. The molecule has 0 aromatic heterocycles. The van der Waals surface area contributed by atoms with Crippen molar-refractivity contribution < 1.29 is 4.79 Å². The Morgan fingerprint density at radius 1 is 1.20 bits per heavy atom. The molecule has 2 rings (SSSR count). The molecule has 2 saturated carbocycles. The van der Waals surface area contributed by atoms with Crippen molar-refractivity contribution in [3.63, 3.8) is 0 Å². The van der Waals surface area contributed by atoms with Crippen LogP contribution in [0.3, 0.4) is 0 Å². The molecule has 2 unspecified atom stereocenters. The molecule has 2 aliphatic carbocycles. The van der Waals surface area contributed by atoms with Gasteiger partial charge in [0, 0.05) is 12.3 Å². The zero-order valence-electron chi connectivity index (χ0n) is 10.2. The lowest BCUT2D eigenvalue weighted by atomic mass is 10.0. The summed E-state index contributed by atoms with van der Waals surface area (Å²) < 4.78 is 0. The molecule has 0 saturated heterocycles. The first-order chi connectivity index (χ1) is 7.20. The fourth-order valence-electron chi connectivity index (χ4n) is 3.32. The van der Waals surface area contributed by atoms with Gasteiger partial charge < -0.3 is 0 Å². The smallest absolute Gasteiger partial charge is 0.136 e. The number of ketones is 1. The molecular weight excluding hydrogens is 184 g/mol. The van der Waals surface area contributed by atoms with Crippen molar-refractivity contribution in [3.8, 4) is 0 Å². The molecule has 0 heterocycles. The van der Waals surface area contributed by atoms with Gasteiger partial charge >= 0.3 is 0 Å². The molecule has 0 radical (unpaired) electrons. The number of carbonyl (C=O) groups is 1. The van der Waals surface area contributed by atoms with E-state index in [0.29, 0.717) is 11.7 Å². The first-order valence-electron chi connectivity index (χ1n) is 6.73. The van der Waals surface area contributed by atoms with Gasteiger partial charge in [-0.3, -0.25) is 4.79 Å². The van der Waals surface area contributed by atoms with Crippen molar-refractivity contribution in [2.45, 2.75) is 58.8 Å². The summed E-state index contributed by atoms with van der Waals surface area (Å²) in [7, 11) is 0. The summed E-state index contributed by atoms with van der Waals surface area (Å²) in [5.41, 5.74) is 0. The Kier molecular flexibility index (Phi) is 3.48. The normalized spacial score (nSPS) is 33.9. The molecule has 1 nitrogen and oxygen atoms in total. The van der Waals surface area contributed by atoms with Crippen molar-refractivity contribution in [3.05, 3.63) is 0 Å². The zero-order chi connectivity index (χ0) is 10.8. The SMILES string of the molecule is CC(C)CCCC(=O)C1C2CCCCC21. The molecule has 0 spiro atoms. The van der Waals surface area contributed by atoms with Crippen molar-refractivity contribution in [1.82, 2.24) is 0 Å². The first kappa shape index (κ1) is 11.2. The second-order valence-electron chi connectivity index (χ2n) is 5.89. The van der Waals surface area contributed by atoms with Gasteiger partial charge in [-0.25, -0.2) is 0 Å². The van der Waals surface area contributed by atoms with Gasteiger partial charge in [-0.1, -0.05) is 33.1 Å². The highest BCUT2D eigenvalue weighted by Gasteiger charge is 2.53. The lowest BCUT2D eigenvalue weighted by Gasteiger charge is -2.04. The molecule has 0 bridgehead atoms. The second-order valence-corrected chi connectivity index (χ2v) is 5.89. The standard InChI is InChI=1S/C14H24O/c1-10(2)6-5-9-13(15)14-11-7-3-4-8-12(11)14/h10-12,14H,3-9H2,1-2H3. The lowest BCUT2D eigenvalue weighted by Crippen LogP contribution is -2.03. The quantitative estimate of drug-likeness (QED) is 0.671. The van der Waals surface area contributed by atoms with E-state index in [2.05, 4.69) is 13.8 Å². The van der Waals surface area contributed by atoms with Crippen LogP contribution in [0.2, 0.25) is 0 Å².